The molecule has 1 aliphatic rings. The number of thioether (sulfide) groups is 1. The third-order valence-corrected chi connectivity index (χ3v) is 4.90. The second-order valence-corrected chi connectivity index (χ2v) is 7.39. The van der Waals surface area contributed by atoms with E-state index in [2.05, 4.69) is 58.6 Å². The van der Waals surface area contributed by atoms with Crippen LogP contribution >= 0.6 is 11.8 Å². The highest BCUT2D eigenvalue weighted by Crippen LogP contribution is 2.30. The minimum Gasteiger partial charge on any atom is -0.353 e. The molecule has 2 aromatic heterocycles. The van der Waals surface area contributed by atoms with Crippen molar-refractivity contribution in [2.24, 2.45) is 0 Å². The molecular weight excluding hydrogens is 268 g/mol. The fraction of sp³-hybridized carbons (Fsp3) is 0.533. The van der Waals surface area contributed by atoms with Crippen molar-refractivity contribution in [2.75, 3.05) is 25.0 Å². The summed E-state index contributed by atoms with van der Waals surface area (Å²) in [6.07, 6.45) is 2.10. The number of anilines is 1. The van der Waals surface area contributed by atoms with Gasteiger partial charge in [-0.3, -0.25) is 0 Å². The van der Waals surface area contributed by atoms with Crippen molar-refractivity contribution in [3.63, 3.8) is 0 Å². The molecule has 2 aromatic rings. The Hall–Kier alpha value is -1.20. The zero-order chi connectivity index (χ0) is 14.1. The minimum absolute atomic E-state index is 0.658. The quantitative estimate of drug-likeness (QED) is 0.941. The maximum atomic E-state index is 4.86. The summed E-state index contributed by atoms with van der Waals surface area (Å²) in [5.74, 6) is 1.14. The van der Waals surface area contributed by atoms with Crippen molar-refractivity contribution in [3.05, 3.63) is 30.1 Å². The average Bonchev–Trinajstić information content (AvgIpc) is 2.77. The van der Waals surface area contributed by atoms with Crippen LogP contribution in [0.3, 0.4) is 0 Å². The number of rotatable bonds is 3. The van der Waals surface area contributed by atoms with Crippen LogP contribution < -0.4 is 10.2 Å². The van der Waals surface area contributed by atoms with E-state index in [1.807, 2.05) is 13.1 Å². The molecule has 4 nitrogen and oxygen atoms in total. The van der Waals surface area contributed by atoms with Gasteiger partial charge in [-0.1, -0.05) is 19.9 Å². The summed E-state index contributed by atoms with van der Waals surface area (Å²) in [7, 11) is 1.99. The molecule has 3 rings (SSSR count). The van der Waals surface area contributed by atoms with Gasteiger partial charge in [0.1, 0.15) is 5.65 Å². The molecule has 0 aliphatic carbocycles. The van der Waals surface area contributed by atoms with Gasteiger partial charge in [0, 0.05) is 36.3 Å². The number of hydrogen-bond acceptors (Lipinski definition) is 4. The second kappa shape index (κ2) is 5.66. The van der Waals surface area contributed by atoms with Crippen molar-refractivity contribution in [1.29, 1.82) is 0 Å². The lowest BCUT2D eigenvalue weighted by Crippen LogP contribution is -2.41. The van der Waals surface area contributed by atoms with Crippen LogP contribution in [0.4, 0.5) is 5.82 Å². The highest BCUT2D eigenvalue weighted by Gasteiger charge is 2.26. The standard InChI is InChI=1S/C15H22N4S/c1-11-9-18(10-12(2)20-11)15-13(8-16-3)19-7-5-4-6-14(19)17-15/h4-7,11-12,16H,8-10H2,1-3H3. The van der Waals surface area contributed by atoms with E-state index in [0.717, 1.165) is 31.1 Å². The van der Waals surface area contributed by atoms with Crippen LogP contribution in [0.15, 0.2) is 24.4 Å². The van der Waals surface area contributed by atoms with Gasteiger partial charge in [0.25, 0.3) is 0 Å². The summed E-state index contributed by atoms with van der Waals surface area (Å²) < 4.78 is 2.20. The van der Waals surface area contributed by atoms with E-state index in [1.165, 1.54) is 5.69 Å². The number of fused-ring (bicyclic) bond motifs is 1. The molecule has 0 amide bonds. The van der Waals surface area contributed by atoms with E-state index in [9.17, 15) is 0 Å². The Morgan fingerprint density at radius 2 is 2.05 bits per heavy atom. The molecule has 0 aromatic carbocycles. The van der Waals surface area contributed by atoms with Crippen LogP contribution in [-0.2, 0) is 6.54 Å². The first-order valence-electron chi connectivity index (χ1n) is 7.20. The zero-order valence-corrected chi connectivity index (χ0v) is 13.2. The van der Waals surface area contributed by atoms with Gasteiger partial charge in [0.15, 0.2) is 5.82 Å². The Morgan fingerprint density at radius 1 is 1.30 bits per heavy atom. The van der Waals surface area contributed by atoms with Gasteiger partial charge in [-0.15, -0.1) is 0 Å². The number of nitrogens with zero attached hydrogens (tertiary/aromatic N) is 3. The maximum absolute atomic E-state index is 4.86. The molecule has 20 heavy (non-hydrogen) atoms. The Balaban J connectivity index is 2.03. The highest BCUT2D eigenvalue weighted by molar-refractivity contribution is 8.00. The first-order valence-corrected chi connectivity index (χ1v) is 8.14. The molecule has 1 aliphatic heterocycles. The molecule has 3 heterocycles. The fourth-order valence-corrected chi connectivity index (χ4v) is 4.30. The summed E-state index contributed by atoms with van der Waals surface area (Å²) in [5, 5.41) is 4.59. The third kappa shape index (κ3) is 2.52. The molecular formula is C15H22N4S. The normalized spacial score (nSPS) is 23.4. The Kier molecular flexibility index (Phi) is 3.89. The largest absolute Gasteiger partial charge is 0.353 e. The number of pyridine rings is 1. The van der Waals surface area contributed by atoms with Crippen LogP contribution in [0, 0.1) is 0 Å². The fourth-order valence-electron chi connectivity index (χ4n) is 2.97. The van der Waals surface area contributed by atoms with E-state index in [0.29, 0.717) is 10.5 Å². The number of imidazole rings is 1. The minimum atomic E-state index is 0.658. The molecule has 2 unspecified atom stereocenters. The first-order chi connectivity index (χ1) is 9.69. The monoisotopic (exact) mass is 290 g/mol. The summed E-state index contributed by atoms with van der Waals surface area (Å²) in [4.78, 5) is 7.31. The van der Waals surface area contributed by atoms with Crippen LogP contribution in [0.5, 0.6) is 0 Å². The highest BCUT2D eigenvalue weighted by atomic mass is 32.2. The molecule has 1 fully saturated rings. The van der Waals surface area contributed by atoms with E-state index >= 15 is 0 Å². The Labute approximate surface area is 124 Å². The average molecular weight is 290 g/mol. The van der Waals surface area contributed by atoms with E-state index < -0.39 is 0 Å². The zero-order valence-electron chi connectivity index (χ0n) is 12.3. The van der Waals surface area contributed by atoms with Crippen molar-refractivity contribution in [1.82, 2.24) is 14.7 Å². The van der Waals surface area contributed by atoms with E-state index in [4.69, 9.17) is 4.98 Å². The molecule has 0 saturated carbocycles. The number of aromatic nitrogens is 2. The summed E-state index contributed by atoms with van der Waals surface area (Å²) in [5.41, 5.74) is 2.29. The van der Waals surface area contributed by atoms with Gasteiger partial charge in [-0.2, -0.15) is 11.8 Å². The Morgan fingerprint density at radius 3 is 2.75 bits per heavy atom. The van der Waals surface area contributed by atoms with Gasteiger partial charge >= 0.3 is 0 Å². The molecule has 0 bridgehead atoms. The maximum Gasteiger partial charge on any atom is 0.152 e. The van der Waals surface area contributed by atoms with Crippen molar-refractivity contribution >= 4 is 23.2 Å². The van der Waals surface area contributed by atoms with Gasteiger partial charge in [-0.25, -0.2) is 4.98 Å². The molecule has 2 atom stereocenters. The Bertz CT molecular complexity index is 585. The SMILES string of the molecule is CNCc1c(N2CC(C)SC(C)C2)nc2ccccn12. The first kappa shape index (κ1) is 13.8. The summed E-state index contributed by atoms with van der Waals surface area (Å²) in [6.45, 7) is 7.61. The van der Waals surface area contributed by atoms with Gasteiger partial charge < -0.3 is 14.6 Å². The van der Waals surface area contributed by atoms with Crippen molar-refractivity contribution in [2.45, 2.75) is 30.9 Å². The molecule has 1 saturated heterocycles. The summed E-state index contributed by atoms with van der Waals surface area (Å²) >= 11 is 2.07. The van der Waals surface area contributed by atoms with E-state index in [-0.39, 0.29) is 0 Å². The molecule has 1 N–H and O–H groups in total. The predicted octanol–water partition coefficient (Wildman–Crippen LogP) is 2.38. The lowest BCUT2D eigenvalue weighted by atomic mass is 10.3. The molecule has 5 heteroatoms. The topological polar surface area (TPSA) is 32.6 Å². The van der Waals surface area contributed by atoms with Gasteiger partial charge in [-0.05, 0) is 19.2 Å². The van der Waals surface area contributed by atoms with Crippen LogP contribution in [-0.4, -0.2) is 40.0 Å². The second-order valence-electron chi connectivity index (χ2n) is 5.50. The van der Waals surface area contributed by atoms with Crippen molar-refractivity contribution in [3.8, 4) is 0 Å². The number of nitrogens with one attached hydrogen (secondary N) is 1. The van der Waals surface area contributed by atoms with Gasteiger partial charge in [0.2, 0.25) is 0 Å². The number of hydrogen-bond donors (Lipinski definition) is 1. The van der Waals surface area contributed by atoms with E-state index in [1.54, 1.807) is 0 Å². The predicted molar refractivity (Wildman–Crippen MR) is 86.7 cm³/mol. The molecule has 0 spiro atoms. The van der Waals surface area contributed by atoms with Gasteiger partial charge in [0.05, 0.1) is 5.69 Å². The lowest BCUT2D eigenvalue weighted by molar-refractivity contribution is 0.705. The van der Waals surface area contributed by atoms with Crippen LogP contribution in [0.2, 0.25) is 0 Å². The molecule has 108 valence electrons. The lowest BCUT2D eigenvalue weighted by Gasteiger charge is -2.35. The molecule has 0 radical (unpaired) electrons. The summed E-state index contributed by atoms with van der Waals surface area (Å²) in [6, 6.07) is 6.19. The van der Waals surface area contributed by atoms with Crippen LogP contribution in [0.25, 0.3) is 5.65 Å². The van der Waals surface area contributed by atoms with Crippen molar-refractivity contribution < 1.29 is 0 Å². The van der Waals surface area contributed by atoms with Crippen LogP contribution in [0.1, 0.15) is 19.5 Å². The smallest absolute Gasteiger partial charge is 0.152 e. The third-order valence-electron chi connectivity index (χ3n) is 3.67.